The largest absolute Gasteiger partial charge is 0.339 e. The molecule has 0 aliphatic carbocycles. The molecule has 0 fully saturated rings. The fourth-order valence-corrected chi connectivity index (χ4v) is 6.41. The topological polar surface area (TPSA) is 40.5 Å². The molecule has 0 unspecified atom stereocenters. The first-order valence-corrected chi connectivity index (χ1v) is 13.0. The van der Waals surface area contributed by atoms with Gasteiger partial charge in [-0.2, -0.15) is 0 Å². The van der Waals surface area contributed by atoms with Gasteiger partial charge in [0, 0.05) is 37.2 Å². The van der Waals surface area contributed by atoms with Crippen LogP contribution in [0.5, 0.6) is 0 Å². The van der Waals surface area contributed by atoms with Crippen molar-refractivity contribution < 1.29 is 13.6 Å². The van der Waals surface area contributed by atoms with Crippen LogP contribution in [0.25, 0.3) is 32.6 Å². The van der Waals surface area contributed by atoms with Gasteiger partial charge in [-0.1, -0.05) is 56.1 Å². The molecule has 0 saturated carbocycles. The fourth-order valence-electron chi connectivity index (χ4n) is 3.91. The molecule has 152 valence electrons. The first kappa shape index (κ1) is 21.1. The van der Waals surface area contributed by atoms with Gasteiger partial charge in [0.2, 0.25) is 0 Å². The Labute approximate surface area is 187 Å². The minimum absolute atomic E-state index is 0.327. The van der Waals surface area contributed by atoms with Gasteiger partial charge in [0.15, 0.2) is 0 Å². The summed E-state index contributed by atoms with van der Waals surface area (Å²) >= 11 is 7.34. The quantitative estimate of drug-likeness (QED) is 0.226. The van der Waals surface area contributed by atoms with E-state index < -0.39 is 7.60 Å². The highest BCUT2D eigenvalue weighted by Gasteiger charge is 2.25. The van der Waals surface area contributed by atoms with E-state index in [0.29, 0.717) is 25.9 Å². The molecule has 7 heteroatoms. The van der Waals surface area contributed by atoms with Crippen LogP contribution < -0.4 is 0 Å². The van der Waals surface area contributed by atoms with E-state index in [4.69, 9.17) is 9.05 Å². The second-order valence-corrected chi connectivity index (χ2v) is 10.7. The molecule has 0 saturated heterocycles. The van der Waals surface area contributed by atoms with E-state index >= 15 is 0 Å². The fraction of sp³-hybridized carbons (Fsp3) is 0.273. The summed E-state index contributed by atoms with van der Waals surface area (Å²) in [5, 5.41) is 4.63. The molecular formula is C22H22Br2NO3P. The molecule has 0 aliphatic heterocycles. The highest BCUT2D eigenvalue weighted by Crippen LogP contribution is 2.49. The summed E-state index contributed by atoms with van der Waals surface area (Å²) in [4.78, 5) is 0. The Bertz CT molecular complexity index is 1240. The first-order valence-electron chi connectivity index (χ1n) is 9.64. The molecule has 4 nitrogen and oxygen atoms in total. The van der Waals surface area contributed by atoms with Crippen LogP contribution in [-0.2, 0) is 20.2 Å². The standard InChI is InChI=1S/C22H22Br2NO3P/c1-3-27-29(26,28-4-2)12-11-25-21-10-9-15(23)13-18(21)19-14-20(24)16-7-5-6-8-17(16)22(19)25/h5-10,13-14H,3-4,11-12H2,1-2H3. The predicted octanol–water partition coefficient (Wildman–Crippen LogP) is 7.74. The molecule has 3 aromatic carbocycles. The number of hydrogen-bond acceptors (Lipinski definition) is 3. The highest BCUT2D eigenvalue weighted by atomic mass is 79.9. The minimum Gasteiger partial charge on any atom is -0.339 e. The van der Waals surface area contributed by atoms with E-state index in [1.807, 2.05) is 26.0 Å². The van der Waals surface area contributed by atoms with E-state index in [9.17, 15) is 4.57 Å². The van der Waals surface area contributed by atoms with Crippen LogP contribution in [0, 0.1) is 0 Å². The van der Waals surface area contributed by atoms with Crippen molar-refractivity contribution in [3.05, 3.63) is 57.5 Å². The monoisotopic (exact) mass is 537 g/mol. The molecule has 4 rings (SSSR count). The molecule has 29 heavy (non-hydrogen) atoms. The van der Waals surface area contributed by atoms with Crippen LogP contribution in [0.2, 0.25) is 0 Å². The van der Waals surface area contributed by atoms with Crippen molar-refractivity contribution in [1.29, 1.82) is 0 Å². The Morgan fingerprint density at radius 2 is 1.59 bits per heavy atom. The van der Waals surface area contributed by atoms with E-state index in [1.54, 1.807) is 0 Å². The number of fused-ring (bicyclic) bond motifs is 5. The summed E-state index contributed by atoms with van der Waals surface area (Å²) in [7, 11) is -3.14. The summed E-state index contributed by atoms with van der Waals surface area (Å²) in [6.07, 6.45) is 0.327. The van der Waals surface area contributed by atoms with Gasteiger partial charge in [-0.3, -0.25) is 4.57 Å². The molecule has 0 radical (unpaired) electrons. The Morgan fingerprint density at radius 3 is 2.28 bits per heavy atom. The molecule has 1 aromatic heterocycles. The van der Waals surface area contributed by atoms with Gasteiger partial charge >= 0.3 is 7.60 Å². The lowest BCUT2D eigenvalue weighted by Gasteiger charge is -2.18. The lowest BCUT2D eigenvalue weighted by molar-refractivity contribution is 0.219. The van der Waals surface area contributed by atoms with E-state index in [1.165, 1.54) is 0 Å². The lowest BCUT2D eigenvalue weighted by atomic mass is 10.1. The molecule has 0 bridgehead atoms. The second kappa shape index (κ2) is 8.52. The number of benzene rings is 3. The van der Waals surface area contributed by atoms with Gasteiger partial charge in [0.05, 0.1) is 24.9 Å². The molecule has 1 heterocycles. The number of hydrogen-bond donors (Lipinski definition) is 0. The van der Waals surface area contributed by atoms with Gasteiger partial charge in [-0.25, -0.2) is 0 Å². The van der Waals surface area contributed by atoms with Crippen molar-refractivity contribution in [3.63, 3.8) is 0 Å². The zero-order valence-corrected chi connectivity index (χ0v) is 20.4. The number of aryl methyl sites for hydroxylation is 1. The molecule has 0 spiro atoms. The Kier molecular flexibility index (Phi) is 6.19. The third-order valence-electron chi connectivity index (χ3n) is 5.02. The number of halogens is 2. The zero-order chi connectivity index (χ0) is 20.6. The van der Waals surface area contributed by atoms with Crippen LogP contribution >= 0.6 is 39.5 Å². The average molecular weight is 539 g/mol. The maximum Gasteiger partial charge on any atom is 0.332 e. The zero-order valence-electron chi connectivity index (χ0n) is 16.3. The maximum atomic E-state index is 13.1. The number of aromatic nitrogens is 1. The van der Waals surface area contributed by atoms with Crippen molar-refractivity contribution in [2.45, 2.75) is 20.4 Å². The minimum atomic E-state index is -3.14. The van der Waals surface area contributed by atoms with Crippen LogP contribution in [0.4, 0.5) is 0 Å². The first-order chi connectivity index (χ1) is 14.0. The van der Waals surface area contributed by atoms with Gasteiger partial charge < -0.3 is 13.6 Å². The van der Waals surface area contributed by atoms with E-state index in [-0.39, 0.29) is 0 Å². The lowest BCUT2D eigenvalue weighted by Crippen LogP contribution is -2.07. The van der Waals surface area contributed by atoms with E-state index in [2.05, 4.69) is 72.8 Å². The smallest absolute Gasteiger partial charge is 0.332 e. The van der Waals surface area contributed by atoms with Gasteiger partial charge in [-0.15, -0.1) is 0 Å². The summed E-state index contributed by atoms with van der Waals surface area (Å²) in [6.45, 7) is 4.97. The van der Waals surface area contributed by atoms with Gasteiger partial charge in [0.25, 0.3) is 0 Å². The molecular weight excluding hydrogens is 517 g/mol. The van der Waals surface area contributed by atoms with Crippen molar-refractivity contribution in [2.24, 2.45) is 0 Å². The summed E-state index contributed by atoms with van der Waals surface area (Å²) in [6, 6.07) is 16.8. The second-order valence-electron chi connectivity index (χ2n) is 6.78. The normalized spacial score (nSPS) is 12.4. The van der Waals surface area contributed by atoms with Crippen LogP contribution in [0.3, 0.4) is 0 Å². The average Bonchev–Trinajstić information content (AvgIpc) is 3.00. The molecule has 0 atom stereocenters. The van der Waals surface area contributed by atoms with Gasteiger partial charge in [0.1, 0.15) is 0 Å². The van der Waals surface area contributed by atoms with Crippen molar-refractivity contribution in [2.75, 3.05) is 19.4 Å². The predicted molar refractivity (Wildman–Crippen MR) is 128 cm³/mol. The van der Waals surface area contributed by atoms with E-state index in [0.717, 1.165) is 41.5 Å². The van der Waals surface area contributed by atoms with Crippen LogP contribution in [0.1, 0.15) is 13.8 Å². The Hall–Kier alpha value is -1.17. The van der Waals surface area contributed by atoms with Crippen molar-refractivity contribution in [1.82, 2.24) is 4.57 Å². The molecule has 0 aliphatic rings. The van der Waals surface area contributed by atoms with Crippen molar-refractivity contribution >= 4 is 72.0 Å². The van der Waals surface area contributed by atoms with Crippen LogP contribution in [-0.4, -0.2) is 23.9 Å². The molecule has 0 N–H and O–H groups in total. The number of rotatable bonds is 7. The van der Waals surface area contributed by atoms with Crippen LogP contribution in [0.15, 0.2) is 57.5 Å². The summed E-state index contributed by atoms with van der Waals surface area (Å²) in [5.74, 6) is 0. The summed E-state index contributed by atoms with van der Waals surface area (Å²) < 4.78 is 28.5. The Morgan fingerprint density at radius 1 is 0.897 bits per heavy atom. The summed E-state index contributed by atoms with van der Waals surface area (Å²) in [5.41, 5.74) is 2.24. The molecule has 0 amide bonds. The number of nitrogens with zero attached hydrogens (tertiary/aromatic N) is 1. The molecule has 4 aromatic rings. The van der Waals surface area contributed by atoms with Crippen molar-refractivity contribution in [3.8, 4) is 0 Å². The SMILES string of the molecule is CCOP(=O)(CCn1c2ccc(Br)cc2c2cc(Br)c3ccccc3c21)OCC. The third kappa shape index (κ3) is 3.94. The Balaban J connectivity index is 1.96. The highest BCUT2D eigenvalue weighted by molar-refractivity contribution is 9.11. The maximum absolute atomic E-state index is 13.1. The third-order valence-corrected chi connectivity index (χ3v) is 8.22. The van der Waals surface area contributed by atoms with Gasteiger partial charge in [-0.05, 0) is 43.5 Å².